The quantitative estimate of drug-likeness (QED) is 0.310. The van der Waals surface area contributed by atoms with E-state index in [0.717, 1.165) is 18.4 Å². The number of carbonyl (C=O) groups is 3. The smallest absolute Gasteiger partial charge is 0.329 e. The predicted molar refractivity (Wildman–Crippen MR) is 124 cm³/mol. The molecule has 1 aliphatic rings. The molecule has 0 unspecified atom stereocenters. The molecule has 0 bridgehead atoms. The van der Waals surface area contributed by atoms with E-state index in [0.29, 0.717) is 35.2 Å². The lowest BCUT2D eigenvalue weighted by Gasteiger charge is -2.10. The largest absolute Gasteiger partial charge is 0.484 e. The molecule has 3 amide bonds. The number of amides is 3. The van der Waals surface area contributed by atoms with Crippen LogP contribution in [0.2, 0.25) is 5.02 Å². The maximum Gasteiger partial charge on any atom is 0.329 e. The van der Waals surface area contributed by atoms with E-state index in [4.69, 9.17) is 21.1 Å². The molecule has 0 radical (unpaired) electrons. The topological polar surface area (TPSA) is 118 Å². The third-order valence-electron chi connectivity index (χ3n) is 4.80. The van der Waals surface area contributed by atoms with Crippen LogP contribution in [0.3, 0.4) is 0 Å². The molecule has 1 saturated heterocycles. The van der Waals surface area contributed by atoms with Crippen molar-refractivity contribution in [2.45, 2.75) is 25.9 Å². The summed E-state index contributed by atoms with van der Waals surface area (Å²) in [4.78, 5) is 35.8. The molecule has 174 valence electrons. The number of nitrogens with one attached hydrogen (secondary N) is 3. The SMILES string of the molecule is Cc1ccc(Cl)cc1NC(=O)COc1cccc(/C=N\NC(=O)C(=O)NC[C@H]2CCCO2)c1. The molecule has 3 N–H and O–H groups in total. The van der Waals surface area contributed by atoms with E-state index >= 15 is 0 Å². The Hall–Kier alpha value is -3.43. The van der Waals surface area contributed by atoms with E-state index in [1.807, 2.05) is 13.0 Å². The molecule has 2 aromatic carbocycles. The Labute approximate surface area is 196 Å². The van der Waals surface area contributed by atoms with Crippen molar-refractivity contribution in [2.75, 3.05) is 25.1 Å². The van der Waals surface area contributed by atoms with Gasteiger partial charge in [0.05, 0.1) is 12.3 Å². The van der Waals surface area contributed by atoms with Crippen LogP contribution in [0.25, 0.3) is 0 Å². The molecule has 3 rings (SSSR count). The lowest BCUT2D eigenvalue weighted by Crippen LogP contribution is -2.41. The van der Waals surface area contributed by atoms with E-state index in [9.17, 15) is 14.4 Å². The molecule has 2 aromatic rings. The van der Waals surface area contributed by atoms with Crippen molar-refractivity contribution in [3.8, 4) is 5.75 Å². The van der Waals surface area contributed by atoms with Gasteiger partial charge in [0.2, 0.25) is 0 Å². The van der Waals surface area contributed by atoms with Gasteiger partial charge in [-0.05, 0) is 55.2 Å². The lowest BCUT2D eigenvalue weighted by atomic mass is 10.2. The van der Waals surface area contributed by atoms with Crippen LogP contribution in [-0.2, 0) is 19.1 Å². The zero-order chi connectivity index (χ0) is 23.6. The van der Waals surface area contributed by atoms with Gasteiger partial charge >= 0.3 is 11.8 Å². The number of anilines is 1. The third kappa shape index (κ3) is 7.89. The van der Waals surface area contributed by atoms with Gasteiger partial charge in [0, 0.05) is 23.9 Å². The molecule has 0 spiro atoms. The molecule has 0 aromatic heterocycles. The van der Waals surface area contributed by atoms with Crippen LogP contribution in [0, 0.1) is 6.92 Å². The number of aryl methyl sites for hydroxylation is 1. The summed E-state index contributed by atoms with van der Waals surface area (Å²) < 4.78 is 10.9. The number of carbonyl (C=O) groups excluding carboxylic acids is 3. The van der Waals surface area contributed by atoms with Gasteiger partial charge in [-0.25, -0.2) is 5.43 Å². The molecule has 10 heteroatoms. The van der Waals surface area contributed by atoms with Crippen molar-refractivity contribution in [3.05, 3.63) is 58.6 Å². The first kappa shape index (κ1) is 24.2. The van der Waals surface area contributed by atoms with E-state index in [1.165, 1.54) is 6.21 Å². The van der Waals surface area contributed by atoms with Gasteiger partial charge in [-0.3, -0.25) is 14.4 Å². The number of ether oxygens (including phenoxy) is 2. The number of rotatable bonds is 8. The normalized spacial score (nSPS) is 15.3. The highest BCUT2D eigenvalue weighted by Crippen LogP contribution is 2.20. The van der Waals surface area contributed by atoms with Crippen molar-refractivity contribution in [1.82, 2.24) is 10.7 Å². The summed E-state index contributed by atoms with van der Waals surface area (Å²) in [5.41, 5.74) is 4.29. The third-order valence-corrected chi connectivity index (χ3v) is 5.04. The number of hydrogen-bond acceptors (Lipinski definition) is 6. The Balaban J connectivity index is 1.44. The first-order chi connectivity index (χ1) is 15.9. The van der Waals surface area contributed by atoms with Crippen molar-refractivity contribution >= 4 is 41.2 Å². The average molecular weight is 473 g/mol. The zero-order valence-electron chi connectivity index (χ0n) is 18.1. The van der Waals surface area contributed by atoms with Crippen LogP contribution in [0.15, 0.2) is 47.6 Å². The van der Waals surface area contributed by atoms with Crippen LogP contribution in [-0.4, -0.2) is 49.8 Å². The minimum Gasteiger partial charge on any atom is -0.484 e. The number of halogens is 1. The Bertz CT molecular complexity index is 1040. The van der Waals surface area contributed by atoms with Gasteiger partial charge in [-0.15, -0.1) is 0 Å². The van der Waals surface area contributed by atoms with Gasteiger partial charge in [0.15, 0.2) is 6.61 Å². The molecular weight excluding hydrogens is 448 g/mol. The minimum atomic E-state index is -0.871. The van der Waals surface area contributed by atoms with Crippen LogP contribution in [0.4, 0.5) is 5.69 Å². The molecule has 0 aliphatic carbocycles. The van der Waals surface area contributed by atoms with Gasteiger partial charge in [-0.1, -0.05) is 29.8 Å². The highest BCUT2D eigenvalue weighted by molar-refractivity contribution is 6.35. The summed E-state index contributed by atoms with van der Waals surface area (Å²) in [6.07, 6.45) is 3.13. The Kier molecular flexibility index (Phi) is 8.79. The van der Waals surface area contributed by atoms with Gasteiger partial charge in [-0.2, -0.15) is 5.10 Å². The number of hydrogen-bond donors (Lipinski definition) is 3. The van der Waals surface area contributed by atoms with Crippen LogP contribution in [0.1, 0.15) is 24.0 Å². The van der Waals surface area contributed by atoms with Crippen molar-refractivity contribution in [3.63, 3.8) is 0 Å². The van der Waals surface area contributed by atoms with Crippen LogP contribution < -0.4 is 20.8 Å². The zero-order valence-corrected chi connectivity index (χ0v) is 18.9. The number of hydrazone groups is 1. The average Bonchev–Trinajstić information content (AvgIpc) is 3.32. The summed E-state index contributed by atoms with van der Waals surface area (Å²) in [5.74, 6) is -1.54. The van der Waals surface area contributed by atoms with E-state index in [-0.39, 0.29) is 18.6 Å². The minimum absolute atomic E-state index is 0.0513. The monoisotopic (exact) mass is 472 g/mol. The van der Waals surface area contributed by atoms with Crippen LogP contribution >= 0.6 is 11.6 Å². The van der Waals surface area contributed by atoms with E-state index < -0.39 is 11.8 Å². The second-order valence-electron chi connectivity index (χ2n) is 7.41. The highest BCUT2D eigenvalue weighted by Gasteiger charge is 2.19. The second-order valence-corrected chi connectivity index (χ2v) is 7.85. The maximum absolute atomic E-state index is 12.2. The number of benzene rings is 2. The summed E-state index contributed by atoms with van der Waals surface area (Å²) in [5, 5.41) is 9.58. The fourth-order valence-corrected chi connectivity index (χ4v) is 3.23. The van der Waals surface area contributed by atoms with E-state index in [1.54, 1.807) is 36.4 Å². The molecule has 33 heavy (non-hydrogen) atoms. The fraction of sp³-hybridized carbons (Fsp3) is 0.304. The molecule has 1 aliphatic heterocycles. The summed E-state index contributed by atoms with van der Waals surface area (Å²) in [6.45, 7) is 2.63. The van der Waals surface area contributed by atoms with Crippen molar-refractivity contribution < 1.29 is 23.9 Å². The molecule has 1 fully saturated rings. The highest BCUT2D eigenvalue weighted by atomic mass is 35.5. The van der Waals surface area contributed by atoms with E-state index in [2.05, 4.69) is 21.2 Å². The molecule has 0 saturated carbocycles. The summed E-state index contributed by atoms with van der Waals surface area (Å²) in [7, 11) is 0. The molecule has 9 nitrogen and oxygen atoms in total. The summed E-state index contributed by atoms with van der Waals surface area (Å²) in [6, 6.07) is 12.0. The van der Waals surface area contributed by atoms with Crippen LogP contribution in [0.5, 0.6) is 5.75 Å². The van der Waals surface area contributed by atoms with Gasteiger partial charge in [0.1, 0.15) is 5.75 Å². The first-order valence-electron chi connectivity index (χ1n) is 10.4. The van der Waals surface area contributed by atoms with Crippen molar-refractivity contribution in [1.29, 1.82) is 0 Å². The first-order valence-corrected chi connectivity index (χ1v) is 10.8. The molecular formula is C23H25ClN4O5. The van der Waals surface area contributed by atoms with Gasteiger partial charge < -0.3 is 20.1 Å². The van der Waals surface area contributed by atoms with Gasteiger partial charge in [0.25, 0.3) is 5.91 Å². The number of nitrogens with zero attached hydrogens (tertiary/aromatic N) is 1. The molecule has 1 heterocycles. The van der Waals surface area contributed by atoms with Crippen molar-refractivity contribution in [2.24, 2.45) is 5.10 Å². The Morgan fingerprint density at radius 1 is 1.21 bits per heavy atom. The predicted octanol–water partition coefficient (Wildman–Crippen LogP) is 2.41. The Morgan fingerprint density at radius 2 is 2.06 bits per heavy atom. The fourth-order valence-electron chi connectivity index (χ4n) is 3.06. The summed E-state index contributed by atoms with van der Waals surface area (Å²) >= 11 is 5.96. The molecule has 1 atom stereocenters. The second kappa shape index (κ2) is 12.0. The Morgan fingerprint density at radius 3 is 2.85 bits per heavy atom. The maximum atomic E-state index is 12.2. The lowest BCUT2D eigenvalue weighted by molar-refractivity contribution is -0.139. The standard InChI is InChI=1S/C23H25ClN4O5/c1-15-7-8-17(24)11-20(15)27-21(29)14-33-18-5-2-4-16(10-18)12-26-28-23(31)22(30)25-13-19-6-3-9-32-19/h2,4-5,7-8,10-12,19H,3,6,9,13-14H2,1H3,(H,25,30)(H,27,29)(H,28,31)/b26-12-/t19-/m1/s1.